The zero-order valence-corrected chi connectivity index (χ0v) is 14.6. The van der Waals surface area contributed by atoms with E-state index in [0.29, 0.717) is 0 Å². The first-order valence-electron chi connectivity index (χ1n) is 8.56. The summed E-state index contributed by atoms with van der Waals surface area (Å²) in [6.45, 7) is 8.52. The average Bonchev–Trinajstić information content (AvgIpc) is 2.62. The smallest absolute Gasteiger partial charge is 0.254 e. The van der Waals surface area contributed by atoms with Crippen LogP contribution in [0.1, 0.15) is 50.9 Å². The molecule has 1 amide bonds. The molecular weight excluding hydrogens is 282 g/mol. The zero-order chi connectivity index (χ0) is 16.8. The fraction of sp³-hybridized carbons (Fsp3) is 0.381. The maximum absolute atomic E-state index is 12.9. The van der Waals surface area contributed by atoms with Crippen LogP contribution in [0.25, 0.3) is 11.1 Å². The van der Waals surface area contributed by atoms with Crippen LogP contribution in [0.3, 0.4) is 0 Å². The van der Waals surface area contributed by atoms with Crippen molar-refractivity contribution in [1.29, 1.82) is 0 Å². The highest BCUT2D eigenvalue weighted by Gasteiger charge is 2.24. The van der Waals surface area contributed by atoms with Gasteiger partial charge in [0.05, 0.1) is 0 Å². The Morgan fingerprint density at radius 1 is 0.826 bits per heavy atom. The largest absolute Gasteiger partial charge is 0.333 e. The van der Waals surface area contributed by atoms with E-state index in [0.717, 1.165) is 24.0 Å². The number of benzene rings is 2. The highest BCUT2D eigenvalue weighted by molar-refractivity contribution is 5.95. The van der Waals surface area contributed by atoms with E-state index in [1.807, 2.05) is 47.4 Å². The lowest BCUT2D eigenvalue weighted by atomic mass is 10.0. The molecule has 0 aliphatic rings. The van der Waals surface area contributed by atoms with Crippen molar-refractivity contribution in [1.82, 2.24) is 4.90 Å². The summed E-state index contributed by atoms with van der Waals surface area (Å²) >= 11 is 0. The Morgan fingerprint density at radius 2 is 1.30 bits per heavy atom. The summed E-state index contributed by atoms with van der Waals surface area (Å²) in [4.78, 5) is 14.9. The summed E-state index contributed by atoms with van der Waals surface area (Å²) in [5, 5.41) is 0. The van der Waals surface area contributed by atoms with Gasteiger partial charge < -0.3 is 4.90 Å². The van der Waals surface area contributed by atoms with Gasteiger partial charge in [0.1, 0.15) is 0 Å². The third-order valence-corrected chi connectivity index (χ3v) is 4.60. The molecule has 2 atom stereocenters. The van der Waals surface area contributed by atoms with Crippen LogP contribution in [0.2, 0.25) is 0 Å². The van der Waals surface area contributed by atoms with Crippen LogP contribution in [0, 0.1) is 0 Å². The molecule has 2 nitrogen and oxygen atoms in total. The van der Waals surface area contributed by atoms with Gasteiger partial charge in [-0.05, 0) is 49.9 Å². The number of amides is 1. The molecule has 0 spiro atoms. The Kier molecular flexibility index (Phi) is 5.97. The minimum Gasteiger partial charge on any atom is -0.333 e. The molecule has 0 unspecified atom stereocenters. The Hall–Kier alpha value is -2.09. The highest BCUT2D eigenvalue weighted by Crippen LogP contribution is 2.21. The molecule has 0 saturated carbocycles. The predicted octanol–water partition coefficient (Wildman–Crippen LogP) is 5.39. The molecular formula is C21H27NO. The van der Waals surface area contributed by atoms with Crippen molar-refractivity contribution in [3.8, 4) is 11.1 Å². The topological polar surface area (TPSA) is 20.3 Å². The second-order valence-electron chi connectivity index (χ2n) is 6.17. The van der Waals surface area contributed by atoms with Crippen LogP contribution in [-0.2, 0) is 0 Å². The SMILES string of the molecule is CC[C@H](C)N(C(=O)c1ccc(-c2ccccc2)cc1)[C@@H](C)CC. The number of nitrogens with zero attached hydrogens (tertiary/aromatic N) is 1. The van der Waals surface area contributed by atoms with Crippen molar-refractivity contribution in [3.63, 3.8) is 0 Å². The maximum atomic E-state index is 12.9. The number of carbonyl (C=O) groups is 1. The van der Waals surface area contributed by atoms with Gasteiger partial charge in [0.15, 0.2) is 0 Å². The summed E-state index contributed by atoms with van der Waals surface area (Å²) < 4.78 is 0. The number of hydrogen-bond donors (Lipinski definition) is 0. The van der Waals surface area contributed by atoms with Crippen LogP contribution in [0.4, 0.5) is 0 Å². The second kappa shape index (κ2) is 7.96. The summed E-state index contributed by atoms with van der Waals surface area (Å²) in [5.74, 6) is 0.133. The predicted molar refractivity (Wildman–Crippen MR) is 97.6 cm³/mol. The second-order valence-corrected chi connectivity index (χ2v) is 6.17. The monoisotopic (exact) mass is 309 g/mol. The summed E-state index contributed by atoms with van der Waals surface area (Å²) in [7, 11) is 0. The van der Waals surface area contributed by atoms with Gasteiger partial charge in [0.2, 0.25) is 0 Å². The van der Waals surface area contributed by atoms with Crippen molar-refractivity contribution in [2.24, 2.45) is 0 Å². The first-order valence-corrected chi connectivity index (χ1v) is 8.56. The molecule has 2 rings (SSSR count). The van der Waals surface area contributed by atoms with Gasteiger partial charge in [0, 0.05) is 17.6 Å². The Bertz CT molecular complexity index is 608. The number of carbonyl (C=O) groups excluding carboxylic acids is 1. The molecule has 0 saturated heterocycles. The fourth-order valence-electron chi connectivity index (χ4n) is 2.81. The Morgan fingerprint density at radius 3 is 1.78 bits per heavy atom. The molecule has 0 N–H and O–H groups in total. The van der Waals surface area contributed by atoms with Crippen molar-refractivity contribution in [2.75, 3.05) is 0 Å². The Labute approximate surface area is 140 Å². The number of rotatable bonds is 6. The molecule has 2 aromatic carbocycles. The maximum Gasteiger partial charge on any atom is 0.254 e. The lowest BCUT2D eigenvalue weighted by Crippen LogP contribution is -2.44. The van der Waals surface area contributed by atoms with Crippen LogP contribution < -0.4 is 0 Å². The van der Waals surface area contributed by atoms with E-state index in [9.17, 15) is 4.79 Å². The van der Waals surface area contributed by atoms with Crippen LogP contribution in [0.15, 0.2) is 54.6 Å². The highest BCUT2D eigenvalue weighted by atomic mass is 16.2. The molecule has 2 aromatic rings. The lowest BCUT2D eigenvalue weighted by Gasteiger charge is -2.34. The number of hydrogen-bond acceptors (Lipinski definition) is 1. The summed E-state index contributed by atoms with van der Waals surface area (Å²) in [5.41, 5.74) is 3.08. The third-order valence-electron chi connectivity index (χ3n) is 4.60. The molecule has 23 heavy (non-hydrogen) atoms. The molecule has 0 fully saturated rings. The van der Waals surface area contributed by atoms with Crippen LogP contribution in [0.5, 0.6) is 0 Å². The van der Waals surface area contributed by atoms with Gasteiger partial charge in [-0.2, -0.15) is 0 Å². The minimum absolute atomic E-state index is 0.133. The molecule has 0 radical (unpaired) electrons. The van der Waals surface area contributed by atoms with E-state index < -0.39 is 0 Å². The normalized spacial score (nSPS) is 13.4. The van der Waals surface area contributed by atoms with E-state index in [-0.39, 0.29) is 18.0 Å². The molecule has 122 valence electrons. The van der Waals surface area contributed by atoms with Gasteiger partial charge in [0.25, 0.3) is 5.91 Å². The third kappa shape index (κ3) is 4.01. The molecule has 0 aliphatic heterocycles. The molecule has 0 heterocycles. The van der Waals surface area contributed by atoms with E-state index in [4.69, 9.17) is 0 Å². The molecule has 2 heteroatoms. The van der Waals surface area contributed by atoms with E-state index in [2.05, 4.69) is 39.8 Å². The van der Waals surface area contributed by atoms with E-state index in [1.165, 1.54) is 5.56 Å². The van der Waals surface area contributed by atoms with Crippen LogP contribution >= 0.6 is 0 Å². The van der Waals surface area contributed by atoms with Crippen molar-refractivity contribution in [2.45, 2.75) is 52.6 Å². The Balaban J connectivity index is 2.25. The van der Waals surface area contributed by atoms with Gasteiger partial charge in [-0.3, -0.25) is 4.79 Å². The van der Waals surface area contributed by atoms with Gasteiger partial charge >= 0.3 is 0 Å². The van der Waals surface area contributed by atoms with Crippen LogP contribution in [-0.4, -0.2) is 22.9 Å². The van der Waals surface area contributed by atoms with E-state index >= 15 is 0 Å². The van der Waals surface area contributed by atoms with Crippen molar-refractivity contribution < 1.29 is 4.79 Å². The average molecular weight is 309 g/mol. The summed E-state index contributed by atoms with van der Waals surface area (Å²) in [6.07, 6.45) is 1.94. The van der Waals surface area contributed by atoms with Crippen molar-refractivity contribution in [3.05, 3.63) is 60.2 Å². The molecule has 0 aliphatic carbocycles. The first-order chi connectivity index (χ1) is 11.1. The van der Waals surface area contributed by atoms with Gasteiger partial charge in [-0.25, -0.2) is 0 Å². The van der Waals surface area contributed by atoms with Gasteiger partial charge in [-0.15, -0.1) is 0 Å². The minimum atomic E-state index is 0.133. The standard InChI is InChI=1S/C21H27NO/c1-5-16(3)22(17(4)6-2)21(23)20-14-12-19(13-15-20)18-10-8-7-9-11-18/h7-17H,5-6H2,1-4H3/t16-,17-/m0/s1. The van der Waals surface area contributed by atoms with Crippen molar-refractivity contribution >= 4 is 5.91 Å². The lowest BCUT2D eigenvalue weighted by molar-refractivity contribution is 0.0598. The quantitative estimate of drug-likeness (QED) is 0.700. The first kappa shape index (κ1) is 17.3. The zero-order valence-electron chi connectivity index (χ0n) is 14.6. The van der Waals surface area contributed by atoms with Gasteiger partial charge in [-0.1, -0.05) is 56.3 Å². The molecule has 0 aromatic heterocycles. The summed E-state index contributed by atoms with van der Waals surface area (Å²) in [6, 6.07) is 18.7. The fourth-order valence-corrected chi connectivity index (χ4v) is 2.81. The molecule has 0 bridgehead atoms. The van der Waals surface area contributed by atoms with E-state index in [1.54, 1.807) is 0 Å².